The zero-order chi connectivity index (χ0) is 21.6. The minimum absolute atomic E-state index is 0. The number of hydrogen-bond acceptors (Lipinski definition) is 4. The molecule has 1 unspecified atom stereocenters. The molecule has 0 amide bonds. The first-order chi connectivity index (χ1) is 14.0. The molecule has 0 radical (unpaired) electrons. The van der Waals surface area contributed by atoms with E-state index in [9.17, 15) is 13.0 Å². The van der Waals surface area contributed by atoms with Gasteiger partial charge >= 0.3 is 51.4 Å². The van der Waals surface area contributed by atoms with Crippen LogP contribution >= 0.6 is 0 Å². The van der Waals surface area contributed by atoms with Crippen LogP contribution in [0.5, 0.6) is 0 Å². The molecule has 4 nitrogen and oxygen atoms in total. The third-order valence-corrected chi connectivity index (χ3v) is 7.26. The maximum absolute atomic E-state index is 11.3. The third-order valence-electron chi connectivity index (χ3n) is 5.97. The van der Waals surface area contributed by atoms with Crippen molar-refractivity contribution in [1.82, 2.24) is 0 Å². The molecule has 0 spiro atoms. The van der Waals surface area contributed by atoms with Crippen LogP contribution in [0, 0.1) is 0 Å². The monoisotopic (exact) mass is 472 g/mol. The van der Waals surface area contributed by atoms with Crippen molar-refractivity contribution < 1.29 is 69.5 Å². The van der Waals surface area contributed by atoms with Crippen LogP contribution in [0.25, 0.3) is 0 Å². The van der Waals surface area contributed by atoms with Crippen molar-refractivity contribution in [2.75, 3.05) is 6.61 Å². The number of rotatable bonds is 23. The fourth-order valence-electron chi connectivity index (χ4n) is 4.01. The van der Waals surface area contributed by atoms with E-state index in [1.807, 2.05) is 0 Å². The minimum Gasteiger partial charge on any atom is -0.748 e. The number of aliphatic hydroxyl groups is 1. The molecule has 0 aromatic rings. The summed E-state index contributed by atoms with van der Waals surface area (Å²) in [5.74, 6) is 0. The second-order valence-electron chi connectivity index (χ2n) is 8.78. The molecular formula is C24H49KO4S. The summed E-state index contributed by atoms with van der Waals surface area (Å²) in [5.41, 5.74) is 0. The minimum atomic E-state index is -4.20. The predicted octanol–water partition coefficient (Wildman–Crippen LogP) is 4.11. The second-order valence-corrected chi connectivity index (χ2v) is 10.4. The summed E-state index contributed by atoms with van der Waals surface area (Å²) in [6.07, 6.45) is 24.2. The Morgan fingerprint density at radius 3 is 1.20 bits per heavy atom. The van der Waals surface area contributed by atoms with Crippen molar-refractivity contribution in [2.45, 2.75) is 147 Å². The van der Waals surface area contributed by atoms with Gasteiger partial charge in [0.15, 0.2) is 0 Å². The Morgan fingerprint density at radius 1 is 0.600 bits per heavy atom. The van der Waals surface area contributed by atoms with Crippen molar-refractivity contribution in [2.24, 2.45) is 0 Å². The maximum Gasteiger partial charge on any atom is 1.00 e. The van der Waals surface area contributed by atoms with Gasteiger partial charge in [-0.1, -0.05) is 116 Å². The molecule has 0 aliphatic heterocycles. The zero-order valence-electron chi connectivity index (χ0n) is 20.2. The Morgan fingerprint density at radius 2 is 0.900 bits per heavy atom. The van der Waals surface area contributed by atoms with Crippen molar-refractivity contribution in [1.29, 1.82) is 0 Å². The molecule has 6 heteroatoms. The third kappa shape index (κ3) is 24.2. The Kier molecular flexibility index (Phi) is 28.2. The molecule has 0 heterocycles. The molecule has 0 bridgehead atoms. The van der Waals surface area contributed by atoms with E-state index in [4.69, 9.17) is 5.11 Å². The van der Waals surface area contributed by atoms with E-state index in [0.717, 1.165) is 19.3 Å². The van der Waals surface area contributed by atoms with Crippen molar-refractivity contribution >= 4 is 10.1 Å². The number of aliphatic hydroxyl groups excluding tert-OH is 1. The Bertz CT molecular complexity index is 429. The van der Waals surface area contributed by atoms with Gasteiger partial charge in [0.05, 0.1) is 10.1 Å². The zero-order valence-corrected chi connectivity index (χ0v) is 24.2. The Hall–Kier alpha value is 1.51. The molecule has 0 aliphatic rings. The summed E-state index contributed by atoms with van der Waals surface area (Å²) < 4.78 is 33.9. The van der Waals surface area contributed by atoms with Gasteiger partial charge in [0, 0.05) is 11.9 Å². The SMILES string of the molecule is CCCCCCCCCCCCCCCCCCCC(CCCCO)S(=O)(=O)[O-].[K+]. The quantitative estimate of drug-likeness (QED) is 0.138. The summed E-state index contributed by atoms with van der Waals surface area (Å²) in [4.78, 5) is 0. The number of hydrogen-bond donors (Lipinski definition) is 1. The average Bonchev–Trinajstić information content (AvgIpc) is 2.68. The molecule has 0 fully saturated rings. The summed E-state index contributed by atoms with van der Waals surface area (Å²) in [7, 11) is -4.20. The molecule has 0 aliphatic carbocycles. The molecule has 30 heavy (non-hydrogen) atoms. The fraction of sp³-hybridized carbons (Fsp3) is 1.00. The second kappa shape index (κ2) is 25.1. The summed E-state index contributed by atoms with van der Waals surface area (Å²) in [6, 6.07) is 0. The van der Waals surface area contributed by atoms with E-state index in [1.165, 1.54) is 89.9 Å². The molecule has 0 aromatic carbocycles. The first-order valence-electron chi connectivity index (χ1n) is 12.6. The summed E-state index contributed by atoms with van der Waals surface area (Å²) in [5, 5.41) is 8.03. The van der Waals surface area contributed by atoms with Crippen LogP contribution in [-0.4, -0.2) is 29.9 Å². The fourth-order valence-corrected chi connectivity index (χ4v) is 4.92. The maximum atomic E-state index is 11.3. The molecule has 1 atom stereocenters. The molecule has 0 saturated heterocycles. The summed E-state index contributed by atoms with van der Waals surface area (Å²) >= 11 is 0. The van der Waals surface area contributed by atoms with E-state index in [-0.39, 0.29) is 58.0 Å². The molecule has 0 saturated carbocycles. The molecule has 176 valence electrons. The largest absolute Gasteiger partial charge is 1.00 e. The van der Waals surface area contributed by atoms with E-state index in [0.29, 0.717) is 25.7 Å². The van der Waals surface area contributed by atoms with Crippen LogP contribution in [0.3, 0.4) is 0 Å². The van der Waals surface area contributed by atoms with Gasteiger partial charge in [-0.2, -0.15) is 0 Å². The van der Waals surface area contributed by atoms with Crippen LogP contribution in [0.1, 0.15) is 142 Å². The van der Waals surface area contributed by atoms with E-state index in [2.05, 4.69) is 6.92 Å². The van der Waals surface area contributed by atoms with Gasteiger partial charge in [-0.15, -0.1) is 0 Å². The van der Waals surface area contributed by atoms with Gasteiger partial charge in [-0.25, -0.2) is 8.42 Å². The van der Waals surface area contributed by atoms with Gasteiger partial charge in [0.2, 0.25) is 0 Å². The molecule has 0 rings (SSSR count). The first-order valence-corrected chi connectivity index (χ1v) is 14.0. The molecule has 0 aromatic heterocycles. The van der Waals surface area contributed by atoms with E-state index in [1.54, 1.807) is 0 Å². The van der Waals surface area contributed by atoms with E-state index >= 15 is 0 Å². The normalized spacial score (nSPS) is 12.6. The topological polar surface area (TPSA) is 77.4 Å². The molecular weight excluding hydrogens is 423 g/mol. The predicted molar refractivity (Wildman–Crippen MR) is 123 cm³/mol. The Labute approximate surface area is 230 Å². The van der Waals surface area contributed by atoms with Crippen LogP contribution in [0.2, 0.25) is 0 Å². The van der Waals surface area contributed by atoms with Crippen molar-refractivity contribution in [3.8, 4) is 0 Å². The standard InChI is InChI=1S/C24H50O4S.K/c1-2-3-4-5-6-7-8-9-10-11-12-13-14-15-16-17-18-21-24(29(26,27)28)22-19-20-23-25;/h24-25H,2-23H2,1H3,(H,26,27,28);/q;+1/p-1. The van der Waals surface area contributed by atoms with Crippen molar-refractivity contribution in [3.05, 3.63) is 0 Å². The van der Waals surface area contributed by atoms with Gasteiger partial charge in [0.1, 0.15) is 0 Å². The first kappa shape index (κ1) is 33.7. The molecule has 1 N–H and O–H groups in total. The van der Waals surface area contributed by atoms with Crippen LogP contribution < -0.4 is 51.4 Å². The van der Waals surface area contributed by atoms with Crippen LogP contribution in [0.15, 0.2) is 0 Å². The average molecular weight is 473 g/mol. The summed E-state index contributed by atoms with van der Waals surface area (Å²) in [6.45, 7) is 2.33. The van der Waals surface area contributed by atoms with Gasteiger partial charge in [0.25, 0.3) is 0 Å². The van der Waals surface area contributed by atoms with E-state index < -0.39 is 15.4 Å². The number of unbranched alkanes of at least 4 members (excludes halogenated alkanes) is 17. The van der Waals surface area contributed by atoms with Gasteiger partial charge in [-0.3, -0.25) is 0 Å². The van der Waals surface area contributed by atoms with Gasteiger partial charge < -0.3 is 9.66 Å². The Balaban J connectivity index is 0. The van der Waals surface area contributed by atoms with Crippen molar-refractivity contribution in [3.63, 3.8) is 0 Å². The van der Waals surface area contributed by atoms with Crippen LogP contribution in [0.4, 0.5) is 0 Å². The van der Waals surface area contributed by atoms with Crippen LogP contribution in [-0.2, 0) is 10.1 Å². The van der Waals surface area contributed by atoms with Gasteiger partial charge in [-0.05, 0) is 25.7 Å². The smallest absolute Gasteiger partial charge is 0.748 e.